The first kappa shape index (κ1) is 18.7. The minimum Gasteiger partial charge on any atom is -0.508 e. The Morgan fingerprint density at radius 1 is 1.42 bits per heavy atom. The van der Waals surface area contributed by atoms with Crippen LogP contribution in [0, 0.1) is 17.2 Å². The number of para-hydroxylation sites is 1. The fourth-order valence-corrected chi connectivity index (χ4v) is 3.56. The summed E-state index contributed by atoms with van der Waals surface area (Å²) in [4.78, 5) is 14.6. The highest BCUT2D eigenvalue weighted by molar-refractivity contribution is 5.79. The Bertz CT molecular complexity index is 677. The number of hydrogen-bond donors (Lipinski definition) is 2. The van der Waals surface area contributed by atoms with Gasteiger partial charge in [-0.25, -0.2) is 0 Å². The number of ether oxygens (including phenoxy) is 1. The van der Waals surface area contributed by atoms with Crippen molar-refractivity contribution in [1.29, 1.82) is 5.26 Å². The second-order valence-electron chi connectivity index (χ2n) is 7.57. The van der Waals surface area contributed by atoms with Gasteiger partial charge < -0.3 is 15.2 Å². The molecule has 1 saturated carbocycles. The molecule has 3 rings (SSSR count). The zero-order chi connectivity index (χ0) is 18.6. The van der Waals surface area contributed by atoms with Crippen molar-refractivity contribution in [3.8, 4) is 11.8 Å². The quantitative estimate of drug-likeness (QED) is 0.745. The van der Waals surface area contributed by atoms with Crippen LogP contribution in [-0.2, 0) is 16.1 Å². The smallest absolute Gasteiger partial charge is 0.235 e. The van der Waals surface area contributed by atoms with Crippen LogP contribution in [0.3, 0.4) is 0 Å². The second-order valence-corrected chi connectivity index (χ2v) is 7.57. The summed E-state index contributed by atoms with van der Waals surface area (Å²) in [5.41, 5.74) is -0.00913. The Labute approximate surface area is 154 Å². The molecule has 0 unspecified atom stereocenters. The van der Waals surface area contributed by atoms with Crippen LogP contribution >= 0.6 is 0 Å². The third-order valence-corrected chi connectivity index (χ3v) is 5.26. The molecule has 1 heterocycles. The van der Waals surface area contributed by atoms with Crippen LogP contribution in [0.25, 0.3) is 0 Å². The second kappa shape index (κ2) is 8.07. The largest absolute Gasteiger partial charge is 0.508 e. The van der Waals surface area contributed by atoms with Gasteiger partial charge in [0.15, 0.2) is 0 Å². The molecule has 1 aliphatic carbocycles. The molecular formula is C20H27N3O3. The molecule has 2 fully saturated rings. The molecule has 1 saturated heterocycles. The lowest BCUT2D eigenvalue weighted by Gasteiger charge is -2.28. The number of nitriles is 1. The molecule has 1 amide bonds. The van der Waals surface area contributed by atoms with Crippen molar-refractivity contribution in [2.75, 3.05) is 19.7 Å². The fourth-order valence-electron chi connectivity index (χ4n) is 3.56. The van der Waals surface area contributed by atoms with Gasteiger partial charge in [-0.2, -0.15) is 5.26 Å². The first-order valence-corrected chi connectivity index (χ1v) is 9.33. The van der Waals surface area contributed by atoms with Crippen molar-refractivity contribution in [3.63, 3.8) is 0 Å². The average Bonchev–Trinajstić information content (AvgIpc) is 3.36. The zero-order valence-corrected chi connectivity index (χ0v) is 15.3. The summed E-state index contributed by atoms with van der Waals surface area (Å²) in [5.74, 6) is 0.320. The molecule has 0 spiro atoms. The number of hydrogen-bond acceptors (Lipinski definition) is 5. The molecule has 6 heteroatoms. The number of aromatic hydroxyl groups is 1. The number of rotatable bonds is 8. The van der Waals surface area contributed by atoms with E-state index >= 15 is 0 Å². The van der Waals surface area contributed by atoms with Gasteiger partial charge in [0, 0.05) is 25.3 Å². The summed E-state index contributed by atoms with van der Waals surface area (Å²) >= 11 is 0. The lowest BCUT2D eigenvalue weighted by molar-refractivity contribution is -0.124. The first-order chi connectivity index (χ1) is 12.5. The molecular weight excluding hydrogens is 330 g/mol. The zero-order valence-electron chi connectivity index (χ0n) is 15.3. The standard InChI is InChI=1S/C20H27N3O3/c1-20(14-21,16-8-9-16)22-19(25)13-23(12-17-6-4-10-26-17)11-15-5-2-3-7-18(15)24/h2-3,5,7,16-17,24H,4,6,8-13H2,1H3,(H,22,25)/t17-,20+/m1/s1. The van der Waals surface area contributed by atoms with Crippen LogP contribution in [0.15, 0.2) is 24.3 Å². The van der Waals surface area contributed by atoms with Gasteiger partial charge in [-0.05, 0) is 44.6 Å². The highest BCUT2D eigenvalue weighted by atomic mass is 16.5. The fraction of sp³-hybridized carbons (Fsp3) is 0.600. The topological polar surface area (TPSA) is 85.6 Å². The summed E-state index contributed by atoms with van der Waals surface area (Å²) < 4.78 is 5.72. The van der Waals surface area contributed by atoms with E-state index in [0.29, 0.717) is 13.1 Å². The number of phenolic OH excluding ortho intramolecular Hbond substituents is 1. The minimum absolute atomic E-state index is 0.111. The normalized spacial score (nSPS) is 22.0. The summed E-state index contributed by atoms with van der Waals surface area (Å²) in [7, 11) is 0. The van der Waals surface area contributed by atoms with E-state index in [-0.39, 0.29) is 30.2 Å². The molecule has 2 N–H and O–H groups in total. The van der Waals surface area contributed by atoms with Crippen molar-refractivity contribution in [2.45, 2.75) is 50.8 Å². The van der Waals surface area contributed by atoms with Gasteiger partial charge in [0.1, 0.15) is 11.3 Å². The van der Waals surface area contributed by atoms with Crippen molar-refractivity contribution < 1.29 is 14.6 Å². The van der Waals surface area contributed by atoms with Crippen LogP contribution < -0.4 is 5.32 Å². The molecule has 2 aliphatic rings. The third kappa shape index (κ3) is 4.75. The Morgan fingerprint density at radius 2 is 2.19 bits per heavy atom. The van der Waals surface area contributed by atoms with E-state index in [9.17, 15) is 15.2 Å². The van der Waals surface area contributed by atoms with Crippen molar-refractivity contribution in [1.82, 2.24) is 10.2 Å². The number of carbonyl (C=O) groups is 1. The van der Waals surface area contributed by atoms with Crippen molar-refractivity contribution in [2.24, 2.45) is 5.92 Å². The highest BCUT2D eigenvalue weighted by Gasteiger charge is 2.43. The number of nitrogens with one attached hydrogen (secondary N) is 1. The molecule has 0 bridgehead atoms. The van der Waals surface area contributed by atoms with Gasteiger partial charge in [0.25, 0.3) is 0 Å². The van der Waals surface area contributed by atoms with Gasteiger partial charge in [-0.3, -0.25) is 9.69 Å². The van der Waals surface area contributed by atoms with Gasteiger partial charge >= 0.3 is 0 Å². The van der Waals surface area contributed by atoms with Gasteiger partial charge in [0.2, 0.25) is 5.91 Å². The number of phenols is 1. The Balaban J connectivity index is 1.65. The summed E-state index contributed by atoms with van der Waals surface area (Å²) in [6, 6.07) is 9.43. The lowest BCUT2D eigenvalue weighted by atomic mass is 9.98. The van der Waals surface area contributed by atoms with Crippen LogP contribution in [0.5, 0.6) is 5.75 Å². The van der Waals surface area contributed by atoms with Crippen molar-refractivity contribution in [3.05, 3.63) is 29.8 Å². The Kier molecular flexibility index (Phi) is 5.80. The summed E-state index contributed by atoms with van der Waals surface area (Å²) in [6.45, 7) is 3.84. The van der Waals surface area contributed by atoms with Gasteiger partial charge in [-0.15, -0.1) is 0 Å². The van der Waals surface area contributed by atoms with E-state index < -0.39 is 5.54 Å². The van der Waals surface area contributed by atoms with Crippen LogP contribution in [0.4, 0.5) is 0 Å². The predicted octanol–water partition coefficient (Wildman–Crippen LogP) is 2.18. The van der Waals surface area contributed by atoms with E-state index in [1.54, 1.807) is 19.1 Å². The maximum Gasteiger partial charge on any atom is 0.235 e. The van der Waals surface area contributed by atoms with E-state index in [0.717, 1.165) is 37.9 Å². The Hall–Kier alpha value is -2.10. The highest BCUT2D eigenvalue weighted by Crippen LogP contribution is 2.39. The third-order valence-electron chi connectivity index (χ3n) is 5.26. The average molecular weight is 357 g/mol. The molecule has 1 aliphatic heterocycles. The monoisotopic (exact) mass is 357 g/mol. The molecule has 1 aromatic carbocycles. The molecule has 2 atom stereocenters. The molecule has 6 nitrogen and oxygen atoms in total. The minimum atomic E-state index is -0.790. The number of carbonyl (C=O) groups excluding carboxylic acids is 1. The predicted molar refractivity (Wildman–Crippen MR) is 97.2 cm³/mol. The molecule has 140 valence electrons. The molecule has 26 heavy (non-hydrogen) atoms. The molecule has 1 aromatic rings. The number of amides is 1. The van der Waals surface area contributed by atoms with Crippen molar-refractivity contribution >= 4 is 5.91 Å². The maximum absolute atomic E-state index is 12.6. The van der Waals surface area contributed by atoms with Crippen LogP contribution in [0.2, 0.25) is 0 Å². The summed E-state index contributed by atoms with van der Waals surface area (Å²) in [5, 5.41) is 22.4. The van der Waals surface area contributed by atoms with E-state index in [4.69, 9.17) is 4.74 Å². The SMILES string of the molecule is C[C@@](C#N)(NC(=O)CN(Cc1ccccc1O)C[C@H]1CCCO1)C1CC1. The number of benzene rings is 1. The van der Waals surface area contributed by atoms with Gasteiger partial charge in [-0.1, -0.05) is 18.2 Å². The molecule has 0 aromatic heterocycles. The van der Waals surface area contributed by atoms with Gasteiger partial charge in [0.05, 0.1) is 18.7 Å². The van der Waals surface area contributed by atoms with E-state index in [2.05, 4.69) is 11.4 Å². The van der Waals surface area contributed by atoms with Crippen LogP contribution in [0.1, 0.15) is 38.2 Å². The number of nitrogens with zero attached hydrogens (tertiary/aromatic N) is 2. The van der Waals surface area contributed by atoms with Crippen LogP contribution in [-0.4, -0.2) is 47.3 Å². The maximum atomic E-state index is 12.6. The summed E-state index contributed by atoms with van der Waals surface area (Å²) in [6.07, 6.45) is 4.11. The lowest BCUT2D eigenvalue weighted by Crippen LogP contribution is -2.50. The molecule has 0 radical (unpaired) electrons. The Morgan fingerprint density at radius 3 is 2.81 bits per heavy atom. The first-order valence-electron chi connectivity index (χ1n) is 9.33. The van der Waals surface area contributed by atoms with E-state index in [1.165, 1.54) is 0 Å². The van der Waals surface area contributed by atoms with E-state index in [1.807, 2.05) is 17.0 Å².